The molecule has 0 amide bonds. The van der Waals surface area contributed by atoms with Crippen LogP contribution in [0.2, 0.25) is 0 Å². The number of carbonyl (C=O) groups excluding carboxylic acids is 1. The molecule has 1 spiro atoms. The third-order valence-corrected chi connectivity index (χ3v) is 9.68. The molecule has 0 N–H and O–H groups in total. The Hall–Kier alpha value is -1.59. The summed E-state index contributed by atoms with van der Waals surface area (Å²) >= 11 is 4.35. The normalized spacial score (nSPS) is 19.9. The molecular weight excluding hydrogens is 374 g/mol. The minimum atomic E-state index is -0.268. The average molecular weight is 398 g/mol. The van der Waals surface area contributed by atoms with Gasteiger partial charge in [-0.1, -0.05) is 24.3 Å². The van der Waals surface area contributed by atoms with E-state index in [1.54, 1.807) is 0 Å². The van der Waals surface area contributed by atoms with E-state index in [1.165, 1.54) is 60.6 Å². The highest BCUT2D eigenvalue weighted by Gasteiger charge is 2.40. The minimum absolute atomic E-state index is 0.268. The maximum Gasteiger partial charge on any atom is 0.337 e. The number of hydrogen-bond acceptors (Lipinski definition) is 4. The van der Waals surface area contributed by atoms with Crippen LogP contribution in [0.1, 0.15) is 42.1 Å². The van der Waals surface area contributed by atoms with Crippen LogP contribution in [0, 0.1) is 0 Å². The number of nitrogens with zero attached hydrogens (tertiary/aromatic N) is 1. The first-order valence-corrected chi connectivity index (χ1v) is 11.6. The van der Waals surface area contributed by atoms with Gasteiger partial charge < -0.3 is 9.30 Å². The Morgan fingerprint density at radius 3 is 2.48 bits per heavy atom. The number of methoxy groups -OCH3 is 1. The fourth-order valence-electron chi connectivity index (χ4n) is 4.72. The van der Waals surface area contributed by atoms with Gasteiger partial charge in [-0.3, -0.25) is 0 Å². The lowest BCUT2D eigenvalue weighted by Gasteiger charge is -2.37. The van der Waals surface area contributed by atoms with Crippen molar-refractivity contribution in [1.82, 2.24) is 4.57 Å². The molecule has 3 nitrogen and oxygen atoms in total. The first-order chi connectivity index (χ1) is 13.2. The molecule has 5 heteroatoms. The molecule has 0 radical (unpaired) electrons. The number of carbonyl (C=O) groups is 1. The maximum atomic E-state index is 12.1. The fraction of sp³-hybridized carbons (Fsp3) is 0.409. The number of fused-ring (bicyclic) bond motifs is 3. The number of para-hydroxylation sites is 1. The molecule has 5 rings (SSSR count). The molecule has 0 atom stereocenters. The number of thioether (sulfide) groups is 2. The van der Waals surface area contributed by atoms with E-state index < -0.39 is 0 Å². The van der Waals surface area contributed by atoms with Crippen molar-refractivity contribution in [3.8, 4) is 0 Å². The van der Waals surface area contributed by atoms with E-state index in [9.17, 15) is 4.79 Å². The minimum Gasteiger partial charge on any atom is -0.465 e. The van der Waals surface area contributed by atoms with Crippen molar-refractivity contribution in [3.05, 3.63) is 48.0 Å². The molecule has 2 aliphatic rings. The topological polar surface area (TPSA) is 31.2 Å². The van der Waals surface area contributed by atoms with Crippen molar-refractivity contribution in [1.29, 1.82) is 0 Å². The lowest BCUT2D eigenvalue weighted by atomic mass is 9.94. The van der Waals surface area contributed by atoms with E-state index in [0.29, 0.717) is 15.7 Å². The van der Waals surface area contributed by atoms with Crippen molar-refractivity contribution >= 4 is 51.3 Å². The van der Waals surface area contributed by atoms with Gasteiger partial charge in [-0.05, 0) is 43.9 Å². The van der Waals surface area contributed by atoms with E-state index in [-0.39, 0.29) is 5.97 Å². The van der Waals surface area contributed by atoms with Gasteiger partial charge in [0.05, 0.1) is 22.3 Å². The summed E-state index contributed by atoms with van der Waals surface area (Å²) in [7, 11) is 1.44. The van der Waals surface area contributed by atoms with Gasteiger partial charge in [0.2, 0.25) is 0 Å². The van der Waals surface area contributed by atoms with E-state index in [4.69, 9.17) is 4.74 Å². The predicted molar refractivity (Wildman–Crippen MR) is 116 cm³/mol. The third kappa shape index (κ3) is 2.87. The van der Waals surface area contributed by atoms with Gasteiger partial charge in [-0.2, -0.15) is 0 Å². The standard InChI is InChI=1S/C22H23NO2S2/c1-25-21(24)15-6-7-18-17-4-2-3-5-19(17)23(20(18)14-15)16-8-10-22(11-9-16)26-12-13-27-22/h2-7,14,16H,8-13H2,1H3. The number of ether oxygens (including phenoxy) is 1. The lowest BCUT2D eigenvalue weighted by Crippen LogP contribution is -2.27. The molecule has 1 aliphatic heterocycles. The van der Waals surface area contributed by atoms with Crippen LogP contribution in [-0.4, -0.2) is 33.2 Å². The molecule has 2 aromatic carbocycles. The third-order valence-electron chi connectivity index (χ3n) is 6.03. The highest BCUT2D eigenvalue weighted by molar-refractivity contribution is 8.21. The van der Waals surface area contributed by atoms with E-state index in [1.807, 2.05) is 12.1 Å². The number of benzene rings is 2. The number of rotatable bonds is 2. The summed E-state index contributed by atoms with van der Waals surface area (Å²) in [5, 5.41) is 2.50. The second kappa shape index (κ2) is 6.78. The van der Waals surface area contributed by atoms with Crippen LogP contribution < -0.4 is 0 Å². The quantitative estimate of drug-likeness (QED) is 0.506. The number of aromatic nitrogens is 1. The Labute approximate surface area is 167 Å². The Kier molecular flexibility index (Phi) is 4.40. The summed E-state index contributed by atoms with van der Waals surface area (Å²) in [6.45, 7) is 0. The van der Waals surface area contributed by atoms with E-state index in [0.717, 1.165) is 5.52 Å². The van der Waals surface area contributed by atoms with Crippen LogP contribution in [0.25, 0.3) is 21.8 Å². The Balaban J connectivity index is 1.62. The van der Waals surface area contributed by atoms with Gasteiger partial charge in [-0.25, -0.2) is 4.79 Å². The Morgan fingerprint density at radius 1 is 1.04 bits per heavy atom. The highest BCUT2D eigenvalue weighted by Crippen LogP contribution is 2.55. The SMILES string of the molecule is COC(=O)c1ccc2c3ccccc3n(C3CCC4(CC3)SCCS4)c2c1. The monoisotopic (exact) mass is 397 g/mol. The first kappa shape index (κ1) is 17.5. The molecule has 1 saturated heterocycles. The first-order valence-electron chi connectivity index (χ1n) is 9.60. The van der Waals surface area contributed by atoms with Crippen LogP contribution in [0.4, 0.5) is 0 Å². The molecular formula is C22H23NO2S2. The second-order valence-electron chi connectivity index (χ2n) is 7.45. The van der Waals surface area contributed by atoms with Crippen LogP contribution in [0.15, 0.2) is 42.5 Å². The molecule has 2 fully saturated rings. The van der Waals surface area contributed by atoms with Crippen LogP contribution in [0.3, 0.4) is 0 Å². The van der Waals surface area contributed by atoms with Gasteiger partial charge in [0.25, 0.3) is 0 Å². The van der Waals surface area contributed by atoms with Crippen molar-refractivity contribution in [3.63, 3.8) is 0 Å². The number of hydrogen-bond donors (Lipinski definition) is 0. The van der Waals surface area contributed by atoms with Gasteiger partial charge in [-0.15, -0.1) is 23.5 Å². The largest absolute Gasteiger partial charge is 0.465 e. The fourth-order valence-corrected chi connectivity index (χ4v) is 8.02. The molecule has 1 aromatic heterocycles. The molecule has 27 heavy (non-hydrogen) atoms. The Morgan fingerprint density at radius 2 is 1.74 bits per heavy atom. The maximum absolute atomic E-state index is 12.1. The smallest absolute Gasteiger partial charge is 0.337 e. The summed E-state index contributed by atoms with van der Waals surface area (Å²) in [5.74, 6) is 2.33. The van der Waals surface area contributed by atoms with Crippen LogP contribution >= 0.6 is 23.5 Å². The van der Waals surface area contributed by atoms with Crippen molar-refractivity contribution in [2.24, 2.45) is 0 Å². The summed E-state index contributed by atoms with van der Waals surface area (Å²) in [6.07, 6.45) is 4.96. The van der Waals surface area contributed by atoms with Crippen LogP contribution in [0.5, 0.6) is 0 Å². The molecule has 0 unspecified atom stereocenters. The number of esters is 1. The lowest BCUT2D eigenvalue weighted by molar-refractivity contribution is 0.0601. The molecule has 1 aliphatic carbocycles. The molecule has 2 heterocycles. The summed E-state index contributed by atoms with van der Waals surface area (Å²) in [6, 6.07) is 15.1. The molecule has 140 valence electrons. The molecule has 1 saturated carbocycles. The predicted octanol–water partition coefficient (Wildman–Crippen LogP) is 5.87. The van der Waals surface area contributed by atoms with E-state index >= 15 is 0 Å². The average Bonchev–Trinajstić information content (AvgIpc) is 3.30. The zero-order valence-corrected chi connectivity index (χ0v) is 17.1. The van der Waals surface area contributed by atoms with Gasteiger partial charge in [0.1, 0.15) is 0 Å². The van der Waals surface area contributed by atoms with Crippen molar-refractivity contribution in [2.75, 3.05) is 18.6 Å². The van der Waals surface area contributed by atoms with Crippen LogP contribution in [-0.2, 0) is 4.74 Å². The molecule has 0 bridgehead atoms. The van der Waals surface area contributed by atoms with Gasteiger partial charge in [0.15, 0.2) is 0 Å². The second-order valence-corrected chi connectivity index (χ2v) is 10.7. The zero-order valence-electron chi connectivity index (χ0n) is 15.4. The molecule has 3 aromatic rings. The summed E-state index contributed by atoms with van der Waals surface area (Å²) in [4.78, 5) is 12.1. The van der Waals surface area contributed by atoms with Gasteiger partial charge >= 0.3 is 5.97 Å². The highest BCUT2D eigenvalue weighted by atomic mass is 32.2. The van der Waals surface area contributed by atoms with Gasteiger partial charge in [0, 0.05) is 33.8 Å². The Bertz CT molecular complexity index is 1010. The van der Waals surface area contributed by atoms with E-state index in [2.05, 4.69) is 58.4 Å². The zero-order chi connectivity index (χ0) is 18.4. The van der Waals surface area contributed by atoms with Crippen molar-refractivity contribution < 1.29 is 9.53 Å². The van der Waals surface area contributed by atoms with Crippen molar-refractivity contribution in [2.45, 2.75) is 35.8 Å². The summed E-state index contributed by atoms with van der Waals surface area (Å²) < 4.78 is 7.91. The summed E-state index contributed by atoms with van der Waals surface area (Å²) in [5.41, 5.74) is 3.07.